The summed E-state index contributed by atoms with van der Waals surface area (Å²) >= 11 is 0. The fourth-order valence-electron chi connectivity index (χ4n) is 4.47. The van der Waals surface area contributed by atoms with Gasteiger partial charge in [-0.1, -0.05) is 12.1 Å². The second kappa shape index (κ2) is 8.98. The van der Waals surface area contributed by atoms with E-state index in [1.54, 1.807) is 36.9 Å². The summed E-state index contributed by atoms with van der Waals surface area (Å²) in [4.78, 5) is 10.6. The standard InChI is InChI=1S/C25H23F3N6/c1-34-11-3-5-18(15-34)31-24-22-14-30-10-8-20(22)23(32-33-24)19-7-6-17(25(26,27)28)12-21(19)16-4-2-9-29-13-16/h2,4,6-10,12-14,18H,3,5,11,15H2,1H3,(H,31,33)/t18-/m1/s1. The first-order chi connectivity index (χ1) is 16.4. The van der Waals surface area contributed by atoms with Gasteiger partial charge in [-0.3, -0.25) is 9.97 Å². The lowest BCUT2D eigenvalue weighted by molar-refractivity contribution is -0.137. The molecular formula is C25H23F3N6. The van der Waals surface area contributed by atoms with Crippen LogP contribution in [-0.4, -0.2) is 51.2 Å². The molecule has 4 aromatic rings. The van der Waals surface area contributed by atoms with Crippen LogP contribution in [0, 0.1) is 0 Å². The van der Waals surface area contributed by atoms with Crippen molar-refractivity contribution in [1.82, 2.24) is 25.1 Å². The number of anilines is 1. The highest BCUT2D eigenvalue weighted by atomic mass is 19.4. The number of nitrogens with zero attached hydrogens (tertiary/aromatic N) is 5. The summed E-state index contributed by atoms with van der Waals surface area (Å²) in [7, 11) is 2.09. The minimum atomic E-state index is -4.46. The molecule has 1 fully saturated rings. The molecule has 4 heterocycles. The van der Waals surface area contributed by atoms with E-state index in [0.29, 0.717) is 28.2 Å². The largest absolute Gasteiger partial charge is 0.416 e. The Labute approximate surface area is 194 Å². The lowest BCUT2D eigenvalue weighted by atomic mass is 9.94. The van der Waals surface area contributed by atoms with Crippen LogP contribution in [0.2, 0.25) is 0 Å². The molecule has 5 rings (SSSR count). The van der Waals surface area contributed by atoms with Crippen LogP contribution in [0.3, 0.4) is 0 Å². The predicted octanol–water partition coefficient (Wildman–Crippen LogP) is 5.28. The molecule has 1 aromatic carbocycles. The quantitative estimate of drug-likeness (QED) is 0.443. The monoisotopic (exact) mass is 464 g/mol. The van der Waals surface area contributed by atoms with Crippen molar-refractivity contribution >= 4 is 16.6 Å². The minimum Gasteiger partial charge on any atom is -0.364 e. The topological polar surface area (TPSA) is 66.8 Å². The third-order valence-electron chi connectivity index (χ3n) is 6.12. The Hall–Kier alpha value is -3.59. The molecule has 1 aliphatic heterocycles. The summed E-state index contributed by atoms with van der Waals surface area (Å²) in [5, 5.41) is 14.0. The Morgan fingerprint density at radius 3 is 2.59 bits per heavy atom. The summed E-state index contributed by atoms with van der Waals surface area (Å²) in [6.45, 7) is 1.96. The van der Waals surface area contributed by atoms with Crippen molar-refractivity contribution < 1.29 is 13.2 Å². The number of fused-ring (bicyclic) bond motifs is 1. The molecule has 0 bridgehead atoms. The van der Waals surface area contributed by atoms with Gasteiger partial charge in [-0.2, -0.15) is 13.2 Å². The van der Waals surface area contributed by atoms with Crippen molar-refractivity contribution in [3.05, 3.63) is 66.7 Å². The average Bonchev–Trinajstić information content (AvgIpc) is 2.84. The third kappa shape index (κ3) is 4.43. The lowest BCUT2D eigenvalue weighted by Crippen LogP contribution is -2.40. The van der Waals surface area contributed by atoms with Crippen molar-refractivity contribution in [3.63, 3.8) is 0 Å². The molecule has 1 aliphatic rings. The van der Waals surface area contributed by atoms with Gasteiger partial charge in [0.25, 0.3) is 0 Å². The first-order valence-corrected chi connectivity index (χ1v) is 11.1. The van der Waals surface area contributed by atoms with Crippen LogP contribution in [0.4, 0.5) is 19.0 Å². The fourth-order valence-corrected chi connectivity index (χ4v) is 4.47. The number of benzene rings is 1. The first kappa shape index (κ1) is 22.2. The number of hydrogen-bond donors (Lipinski definition) is 1. The van der Waals surface area contributed by atoms with Crippen LogP contribution in [0.1, 0.15) is 18.4 Å². The smallest absolute Gasteiger partial charge is 0.364 e. The number of aromatic nitrogens is 4. The number of rotatable bonds is 4. The van der Waals surface area contributed by atoms with Crippen LogP contribution < -0.4 is 5.32 Å². The second-order valence-electron chi connectivity index (χ2n) is 8.56. The van der Waals surface area contributed by atoms with Gasteiger partial charge in [0, 0.05) is 59.3 Å². The normalized spacial score (nSPS) is 17.1. The molecule has 0 radical (unpaired) electrons. The van der Waals surface area contributed by atoms with E-state index in [2.05, 4.69) is 37.4 Å². The van der Waals surface area contributed by atoms with Gasteiger partial charge >= 0.3 is 6.18 Å². The maximum atomic E-state index is 13.5. The third-order valence-corrected chi connectivity index (χ3v) is 6.12. The molecule has 1 N–H and O–H groups in total. The van der Waals surface area contributed by atoms with Crippen LogP contribution in [0.5, 0.6) is 0 Å². The molecule has 3 aromatic heterocycles. The molecule has 9 heteroatoms. The maximum absolute atomic E-state index is 13.5. The Morgan fingerprint density at radius 1 is 0.971 bits per heavy atom. The first-order valence-electron chi connectivity index (χ1n) is 11.1. The molecule has 34 heavy (non-hydrogen) atoms. The zero-order valence-corrected chi connectivity index (χ0v) is 18.5. The maximum Gasteiger partial charge on any atom is 0.416 e. The van der Waals surface area contributed by atoms with Gasteiger partial charge in [0.2, 0.25) is 0 Å². The molecule has 0 unspecified atom stereocenters. The highest BCUT2D eigenvalue weighted by Crippen LogP contribution is 2.39. The van der Waals surface area contributed by atoms with E-state index in [1.807, 2.05) is 6.07 Å². The van der Waals surface area contributed by atoms with Gasteiger partial charge in [-0.25, -0.2) is 0 Å². The molecule has 0 spiro atoms. The van der Waals surface area contributed by atoms with Crippen molar-refractivity contribution in [2.45, 2.75) is 25.1 Å². The lowest BCUT2D eigenvalue weighted by Gasteiger charge is -2.30. The number of nitrogens with one attached hydrogen (secondary N) is 1. The number of pyridine rings is 2. The number of halogens is 3. The van der Waals surface area contributed by atoms with E-state index >= 15 is 0 Å². The van der Waals surface area contributed by atoms with E-state index in [-0.39, 0.29) is 6.04 Å². The van der Waals surface area contributed by atoms with Gasteiger partial charge in [0.1, 0.15) is 5.69 Å². The van der Waals surface area contributed by atoms with Crippen LogP contribution in [0.15, 0.2) is 61.2 Å². The van der Waals surface area contributed by atoms with E-state index < -0.39 is 11.7 Å². The predicted molar refractivity (Wildman–Crippen MR) is 125 cm³/mol. The van der Waals surface area contributed by atoms with E-state index in [0.717, 1.165) is 48.8 Å². The van der Waals surface area contributed by atoms with E-state index in [9.17, 15) is 13.2 Å². The molecule has 1 atom stereocenters. The summed E-state index contributed by atoms with van der Waals surface area (Å²) in [6.07, 6.45) is 4.16. The number of piperidine rings is 1. The van der Waals surface area contributed by atoms with E-state index in [4.69, 9.17) is 0 Å². The minimum absolute atomic E-state index is 0.235. The van der Waals surface area contributed by atoms with Gasteiger partial charge in [0.15, 0.2) is 5.82 Å². The molecule has 0 aliphatic carbocycles. The van der Waals surface area contributed by atoms with Crippen molar-refractivity contribution in [2.24, 2.45) is 0 Å². The van der Waals surface area contributed by atoms with Crippen molar-refractivity contribution in [3.8, 4) is 22.4 Å². The molecular weight excluding hydrogens is 441 g/mol. The van der Waals surface area contributed by atoms with Crippen molar-refractivity contribution in [2.75, 3.05) is 25.5 Å². The molecule has 0 amide bonds. The number of alkyl halides is 3. The average molecular weight is 464 g/mol. The van der Waals surface area contributed by atoms with Gasteiger partial charge in [0.05, 0.1) is 5.56 Å². The highest BCUT2D eigenvalue weighted by molar-refractivity contribution is 6.02. The summed E-state index contributed by atoms with van der Waals surface area (Å²) < 4.78 is 40.5. The number of likely N-dealkylation sites (tertiary alicyclic amines) is 1. The van der Waals surface area contributed by atoms with Gasteiger partial charge in [-0.15, -0.1) is 10.2 Å². The number of likely N-dealkylation sites (N-methyl/N-ethyl adjacent to an activating group) is 1. The van der Waals surface area contributed by atoms with Crippen LogP contribution in [0.25, 0.3) is 33.2 Å². The zero-order chi connectivity index (χ0) is 23.7. The summed E-state index contributed by atoms with van der Waals surface area (Å²) in [6, 6.07) is 9.17. The van der Waals surface area contributed by atoms with Crippen LogP contribution >= 0.6 is 0 Å². The number of hydrogen-bond acceptors (Lipinski definition) is 6. The summed E-state index contributed by atoms with van der Waals surface area (Å²) in [5.74, 6) is 0.627. The van der Waals surface area contributed by atoms with E-state index in [1.165, 1.54) is 6.07 Å². The Balaban J connectivity index is 1.64. The molecule has 1 saturated heterocycles. The summed E-state index contributed by atoms with van der Waals surface area (Å²) in [5.41, 5.74) is 1.28. The van der Waals surface area contributed by atoms with Crippen LogP contribution in [-0.2, 0) is 6.18 Å². The Bertz CT molecular complexity index is 1310. The molecule has 6 nitrogen and oxygen atoms in total. The SMILES string of the molecule is CN1CCC[C@@H](Nc2nnc(-c3ccc(C(F)(F)F)cc3-c3cccnc3)c3ccncc23)C1. The van der Waals surface area contributed by atoms with Gasteiger partial charge in [-0.05, 0) is 56.3 Å². The molecule has 0 saturated carbocycles. The van der Waals surface area contributed by atoms with Crippen molar-refractivity contribution in [1.29, 1.82) is 0 Å². The Kier molecular flexibility index (Phi) is 5.87. The van der Waals surface area contributed by atoms with Gasteiger partial charge < -0.3 is 10.2 Å². The fraction of sp³-hybridized carbons (Fsp3) is 0.280. The Morgan fingerprint density at radius 2 is 1.82 bits per heavy atom. The zero-order valence-electron chi connectivity index (χ0n) is 18.5. The highest BCUT2D eigenvalue weighted by Gasteiger charge is 2.31. The molecule has 174 valence electrons. The second-order valence-corrected chi connectivity index (χ2v) is 8.56.